The van der Waals surface area contributed by atoms with Crippen molar-refractivity contribution < 1.29 is 9.50 Å². The number of benzene rings is 2. The van der Waals surface area contributed by atoms with Crippen LogP contribution < -0.4 is 5.73 Å². The van der Waals surface area contributed by atoms with Crippen LogP contribution in [0.1, 0.15) is 35.6 Å². The monoisotopic (exact) mass is 337 g/mol. The lowest BCUT2D eigenvalue weighted by Crippen LogP contribution is -2.09. The summed E-state index contributed by atoms with van der Waals surface area (Å²) in [5, 5.41) is 10.3. The molecule has 2 rings (SSSR count). The average Bonchev–Trinajstić information content (AvgIpc) is 2.48. The molecular formula is C16H17BrFNO. The van der Waals surface area contributed by atoms with Crippen molar-refractivity contribution in [3.8, 4) is 0 Å². The molecule has 0 radical (unpaired) electrons. The van der Waals surface area contributed by atoms with Crippen LogP contribution in [-0.2, 0) is 0 Å². The zero-order chi connectivity index (χ0) is 14.7. The Bertz CT molecular complexity index is 586. The van der Waals surface area contributed by atoms with E-state index in [-0.39, 0.29) is 11.5 Å². The molecule has 0 amide bonds. The second-order valence-corrected chi connectivity index (χ2v) is 5.79. The second kappa shape index (κ2) is 6.48. The molecule has 3 N–H and O–H groups in total. The lowest BCUT2D eigenvalue weighted by Gasteiger charge is -2.15. The summed E-state index contributed by atoms with van der Waals surface area (Å²) >= 11 is 3.29. The standard InChI is InChI=1S/C16H17BrFNO/c1-10(9-19)11-2-4-12(5-3-11)16(20)14-8-13(17)6-7-15(14)18/h2-8,10,16,20H,9,19H2,1H3. The van der Waals surface area contributed by atoms with Gasteiger partial charge in [-0.25, -0.2) is 4.39 Å². The van der Waals surface area contributed by atoms with E-state index in [2.05, 4.69) is 15.9 Å². The zero-order valence-electron chi connectivity index (χ0n) is 11.2. The lowest BCUT2D eigenvalue weighted by molar-refractivity contribution is 0.215. The highest BCUT2D eigenvalue weighted by atomic mass is 79.9. The van der Waals surface area contributed by atoms with Gasteiger partial charge in [0.05, 0.1) is 0 Å². The Kier molecular flexibility index (Phi) is 4.91. The van der Waals surface area contributed by atoms with Gasteiger partial charge in [-0.2, -0.15) is 0 Å². The molecule has 2 atom stereocenters. The van der Waals surface area contributed by atoms with E-state index in [1.165, 1.54) is 6.07 Å². The van der Waals surface area contributed by atoms with E-state index in [1.54, 1.807) is 12.1 Å². The van der Waals surface area contributed by atoms with Gasteiger partial charge in [-0.05, 0) is 41.8 Å². The maximum absolute atomic E-state index is 13.8. The van der Waals surface area contributed by atoms with Crippen molar-refractivity contribution >= 4 is 15.9 Å². The summed E-state index contributed by atoms with van der Waals surface area (Å²) in [5.74, 6) is -0.149. The maximum atomic E-state index is 13.8. The van der Waals surface area contributed by atoms with Gasteiger partial charge in [0, 0.05) is 10.0 Å². The number of aliphatic hydroxyl groups is 1. The van der Waals surface area contributed by atoms with Gasteiger partial charge in [-0.15, -0.1) is 0 Å². The van der Waals surface area contributed by atoms with Crippen LogP contribution in [0.3, 0.4) is 0 Å². The molecule has 0 aromatic heterocycles. The predicted molar refractivity (Wildman–Crippen MR) is 82.1 cm³/mol. The third kappa shape index (κ3) is 3.26. The molecule has 4 heteroatoms. The molecule has 20 heavy (non-hydrogen) atoms. The molecular weight excluding hydrogens is 321 g/mol. The van der Waals surface area contributed by atoms with Crippen molar-refractivity contribution in [3.63, 3.8) is 0 Å². The third-order valence-electron chi connectivity index (χ3n) is 3.43. The fourth-order valence-corrected chi connectivity index (χ4v) is 2.43. The van der Waals surface area contributed by atoms with Gasteiger partial charge in [0.25, 0.3) is 0 Å². The molecule has 106 valence electrons. The highest BCUT2D eigenvalue weighted by molar-refractivity contribution is 9.10. The van der Waals surface area contributed by atoms with Gasteiger partial charge in [0.15, 0.2) is 0 Å². The Morgan fingerprint density at radius 1 is 1.15 bits per heavy atom. The van der Waals surface area contributed by atoms with Crippen LogP contribution >= 0.6 is 15.9 Å². The van der Waals surface area contributed by atoms with Gasteiger partial charge < -0.3 is 10.8 Å². The second-order valence-electron chi connectivity index (χ2n) is 4.87. The van der Waals surface area contributed by atoms with Crippen LogP contribution in [0.25, 0.3) is 0 Å². The smallest absolute Gasteiger partial charge is 0.129 e. The van der Waals surface area contributed by atoms with E-state index in [0.29, 0.717) is 12.1 Å². The molecule has 0 aliphatic carbocycles. The van der Waals surface area contributed by atoms with Gasteiger partial charge in [0.2, 0.25) is 0 Å². The van der Waals surface area contributed by atoms with Gasteiger partial charge in [-0.3, -0.25) is 0 Å². The van der Waals surface area contributed by atoms with Crippen molar-refractivity contribution in [2.45, 2.75) is 18.9 Å². The minimum atomic E-state index is -0.977. The normalized spacial score (nSPS) is 14.1. The number of aliphatic hydroxyl groups excluding tert-OH is 1. The summed E-state index contributed by atoms with van der Waals surface area (Å²) in [6.07, 6.45) is -0.977. The topological polar surface area (TPSA) is 46.2 Å². The van der Waals surface area contributed by atoms with Crippen LogP contribution in [0.5, 0.6) is 0 Å². The van der Waals surface area contributed by atoms with Crippen molar-refractivity contribution in [3.05, 3.63) is 69.4 Å². The first-order valence-electron chi connectivity index (χ1n) is 6.46. The maximum Gasteiger partial charge on any atom is 0.129 e. The van der Waals surface area contributed by atoms with E-state index in [4.69, 9.17) is 5.73 Å². The highest BCUT2D eigenvalue weighted by Gasteiger charge is 2.15. The summed E-state index contributed by atoms with van der Waals surface area (Å²) in [6, 6.07) is 12.0. The van der Waals surface area contributed by atoms with E-state index < -0.39 is 11.9 Å². The summed E-state index contributed by atoms with van der Waals surface area (Å²) in [7, 11) is 0. The minimum absolute atomic E-state index is 0.263. The molecule has 0 aliphatic heterocycles. The minimum Gasteiger partial charge on any atom is -0.384 e. The van der Waals surface area contributed by atoms with Gasteiger partial charge >= 0.3 is 0 Å². The Morgan fingerprint density at radius 3 is 2.35 bits per heavy atom. The van der Waals surface area contributed by atoms with Crippen LogP contribution in [0.4, 0.5) is 4.39 Å². The number of rotatable bonds is 4. The molecule has 0 heterocycles. The van der Waals surface area contributed by atoms with E-state index in [0.717, 1.165) is 10.0 Å². The largest absolute Gasteiger partial charge is 0.384 e. The Balaban J connectivity index is 2.29. The summed E-state index contributed by atoms with van der Waals surface area (Å²) < 4.78 is 14.5. The van der Waals surface area contributed by atoms with Crippen molar-refractivity contribution in [1.82, 2.24) is 0 Å². The molecule has 0 aliphatic rings. The first-order valence-corrected chi connectivity index (χ1v) is 7.25. The van der Waals surface area contributed by atoms with E-state index >= 15 is 0 Å². The van der Waals surface area contributed by atoms with Gasteiger partial charge in [-0.1, -0.05) is 47.1 Å². The zero-order valence-corrected chi connectivity index (χ0v) is 12.8. The highest BCUT2D eigenvalue weighted by Crippen LogP contribution is 2.28. The molecule has 2 unspecified atom stereocenters. The fraction of sp³-hybridized carbons (Fsp3) is 0.250. The number of hydrogen-bond donors (Lipinski definition) is 2. The molecule has 2 aromatic carbocycles. The predicted octanol–water partition coefficient (Wildman–Crippen LogP) is 3.73. The molecule has 0 bridgehead atoms. The lowest BCUT2D eigenvalue weighted by atomic mass is 9.96. The summed E-state index contributed by atoms with van der Waals surface area (Å²) in [5.41, 5.74) is 7.66. The fourth-order valence-electron chi connectivity index (χ4n) is 2.05. The van der Waals surface area contributed by atoms with Crippen LogP contribution in [-0.4, -0.2) is 11.7 Å². The molecule has 0 saturated heterocycles. The quantitative estimate of drug-likeness (QED) is 0.892. The van der Waals surface area contributed by atoms with Gasteiger partial charge in [0.1, 0.15) is 11.9 Å². The third-order valence-corrected chi connectivity index (χ3v) is 3.92. The first kappa shape index (κ1) is 15.2. The van der Waals surface area contributed by atoms with Crippen molar-refractivity contribution in [2.75, 3.05) is 6.54 Å². The molecule has 0 spiro atoms. The SMILES string of the molecule is CC(CN)c1ccc(C(O)c2cc(Br)ccc2F)cc1. The summed E-state index contributed by atoms with van der Waals surface area (Å²) in [6.45, 7) is 2.61. The number of hydrogen-bond acceptors (Lipinski definition) is 2. The average molecular weight is 338 g/mol. The van der Waals surface area contributed by atoms with Crippen molar-refractivity contribution in [2.24, 2.45) is 5.73 Å². The molecule has 2 nitrogen and oxygen atoms in total. The molecule has 2 aromatic rings. The van der Waals surface area contributed by atoms with Crippen LogP contribution in [0.2, 0.25) is 0 Å². The Hall–Kier alpha value is -1.23. The summed E-state index contributed by atoms with van der Waals surface area (Å²) in [4.78, 5) is 0. The first-order chi connectivity index (χ1) is 9.52. The van der Waals surface area contributed by atoms with Crippen LogP contribution in [0, 0.1) is 5.82 Å². The van der Waals surface area contributed by atoms with E-state index in [9.17, 15) is 9.50 Å². The molecule has 0 saturated carbocycles. The van der Waals surface area contributed by atoms with Crippen molar-refractivity contribution in [1.29, 1.82) is 0 Å². The Labute approximate surface area is 126 Å². The number of halogens is 2. The van der Waals surface area contributed by atoms with E-state index in [1.807, 2.05) is 31.2 Å². The Morgan fingerprint density at radius 2 is 1.75 bits per heavy atom. The van der Waals surface area contributed by atoms with Crippen LogP contribution in [0.15, 0.2) is 46.9 Å². The molecule has 0 fully saturated rings. The number of nitrogens with two attached hydrogens (primary N) is 1.